The van der Waals surface area contributed by atoms with Crippen LogP contribution in [0.2, 0.25) is 13.7 Å². The first-order valence-electron chi connectivity index (χ1n) is 9.90. The summed E-state index contributed by atoms with van der Waals surface area (Å²) in [5.41, 5.74) is 4.92. The van der Waals surface area contributed by atoms with Crippen LogP contribution < -0.4 is 9.62 Å². The summed E-state index contributed by atoms with van der Waals surface area (Å²) in [7, 11) is -1.30. The number of fused-ring (bicyclic) bond motifs is 2. The topological polar surface area (TPSA) is 44.7 Å². The Kier molecular flexibility index (Phi) is 7.16. The molecule has 0 fully saturated rings. The summed E-state index contributed by atoms with van der Waals surface area (Å²) in [6, 6.07) is 16.2. The molecule has 0 saturated heterocycles. The Labute approximate surface area is 202 Å². The van der Waals surface area contributed by atoms with Crippen LogP contribution in [-0.2, 0) is 22.8 Å². The average Bonchev–Trinajstić information content (AvgIpc) is 3.03. The van der Waals surface area contributed by atoms with Crippen LogP contribution in [0.15, 0.2) is 57.8 Å². The lowest BCUT2D eigenvalue weighted by Crippen LogP contribution is -2.28. The number of nitrogens with one attached hydrogen (secondary N) is 1. The first kappa shape index (κ1) is 22.9. The van der Waals surface area contributed by atoms with Crippen LogP contribution in [0.1, 0.15) is 17.5 Å². The van der Waals surface area contributed by atoms with Gasteiger partial charge in [-0.15, -0.1) is 11.3 Å². The molecule has 1 atom stereocenters. The first-order chi connectivity index (χ1) is 14.9. The van der Waals surface area contributed by atoms with Crippen LogP contribution in [0.4, 0.5) is 11.4 Å². The van der Waals surface area contributed by atoms with Crippen molar-refractivity contribution in [3.63, 3.8) is 0 Å². The highest BCUT2D eigenvalue weighted by Gasteiger charge is 2.22. The predicted molar refractivity (Wildman–Crippen MR) is 134 cm³/mol. The van der Waals surface area contributed by atoms with Gasteiger partial charge in [-0.2, -0.15) is 0 Å². The minimum atomic E-state index is -2.82. The molecule has 1 unspecified atom stereocenters. The van der Waals surface area contributed by atoms with Gasteiger partial charge in [-0.1, -0.05) is 59.1 Å². The molecule has 9 heteroatoms. The number of rotatable bonds is 6. The summed E-state index contributed by atoms with van der Waals surface area (Å²) >= 11 is 19.8. The van der Waals surface area contributed by atoms with Gasteiger partial charge in [0, 0.05) is 36.5 Å². The van der Waals surface area contributed by atoms with E-state index in [0.29, 0.717) is 20.1 Å². The van der Waals surface area contributed by atoms with Crippen molar-refractivity contribution in [1.82, 2.24) is 4.72 Å². The van der Waals surface area contributed by atoms with Crippen molar-refractivity contribution in [1.29, 1.82) is 0 Å². The Bertz CT molecular complexity index is 1220. The van der Waals surface area contributed by atoms with Crippen LogP contribution >= 0.6 is 46.1 Å². The zero-order valence-corrected chi connectivity index (χ0v) is 20.8. The Morgan fingerprint density at radius 3 is 2.52 bits per heavy atom. The minimum absolute atomic E-state index is 0.401. The molecule has 0 aliphatic carbocycles. The number of halogens is 3. The normalized spacial score (nSPS) is 15.0. The van der Waals surface area contributed by atoms with E-state index in [2.05, 4.69) is 44.3 Å². The molecular formula is C22H22Cl3N3OS2. The number of hydrogen-bond donors (Lipinski definition) is 1. The quantitative estimate of drug-likeness (QED) is 0.360. The number of hydrogen-bond acceptors (Lipinski definition) is 4. The van der Waals surface area contributed by atoms with Crippen LogP contribution in [0.3, 0.4) is 0 Å². The Morgan fingerprint density at radius 2 is 1.81 bits per heavy atom. The molecule has 164 valence electrons. The molecule has 0 radical (unpaired) electrons. The molecule has 4 rings (SSSR count). The van der Waals surface area contributed by atoms with Gasteiger partial charge in [0.25, 0.3) is 0 Å². The third kappa shape index (κ3) is 4.90. The smallest absolute Gasteiger partial charge is 0.139 e. The SMILES string of the molecule is CN=S(=O)(NCCCN1c2ccccc2CCc2ccc(Cl)cc21)c1cc(Cl)sc1Cl. The molecule has 31 heavy (non-hydrogen) atoms. The van der Waals surface area contributed by atoms with Gasteiger partial charge >= 0.3 is 0 Å². The second-order valence-corrected chi connectivity index (χ2v) is 12.1. The van der Waals surface area contributed by atoms with E-state index in [9.17, 15) is 4.21 Å². The molecule has 2 aromatic carbocycles. The van der Waals surface area contributed by atoms with Crippen molar-refractivity contribution >= 4 is 67.4 Å². The Hall–Kier alpha value is -1.28. The molecule has 0 amide bonds. The molecule has 1 aromatic heterocycles. The fraction of sp³-hybridized carbons (Fsp3) is 0.273. The molecular weight excluding hydrogens is 493 g/mol. The maximum absolute atomic E-state index is 13.3. The van der Waals surface area contributed by atoms with Gasteiger partial charge in [0.05, 0.1) is 9.23 Å². The monoisotopic (exact) mass is 513 g/mol. The average molecular weight is 515 g/mol. The summed E-state index contributed by atoms with van der Waals surface area (Å²) in [4.78, 5) is 2.76. The molecule has 3 aromatic rings. The van der Waals surface area contributed by atoms with E-state index >= 15 is 0 Å². The number of nitrogens with zero attached hydrogens (tertiary/aromatic N) is 2. The van der Waals surface area contributed by atoms with Gasteiger partial charge in [-0.25, -0.2) is 13.3 Å². The number of benzene rings is 2. The van der Waals surface area contributed by atoms with Crippen molar-refractivity contribution in [2.24, 2.45) is 4.36 Å². The summed E-state index contributed by atoms with van der Waals surface area (Å²) < 4.78 is 21.4. The second-order valence-electron chi connectivity index (χ2n) is 7.20. The molecule has 1 aliphatic heterocycles. The zero-order valence-electron chi connectivity index (χ0n) is 16.9. The molecule has 2 heterocycles. The highest BCUT2D eigenvalue weighted by atomic mass is 35.5. The van der Waals surface area contributed by atoms with Gasteiger partial charge in [0.1, 0.15) is 14.3 Å². The third-order valence-corrected chi connectivity index (χ3v) is 9.31. The molecule has 1 N–H and O–H groups in total. The van der Waals surface area contributed by atoms with Gasteiger partial charge < -0.3 is 4.90 Å². The van der Waals surface area contributed by atoms with E-state index in [4.69, 9.17) is 34.8 Å². The lowest BCUT2D eigenvalue weighted by Gasteiger charge is -2.27. The molecule has 0 spiro atoms. The van der Waals surface area contributed by atoms with Crippen LogP contribution in [0.25, 0.3) is 0 Å². The zero-order chi connectivity index (χ0) is 22.0. The highest BCUT2D eigenvalue weighted by Crippen LogP contribution is 2.38. The van der Waals surface area contributed by atoms with Crippen molar-refractivity contribution < 1.29 is 4.21 Å². The number of aryl methyl sites for hydroxylation is 2. The van der Waals surface area contributed by atoms with Crippen molar-refractivity contribution in [3.05, 3.63) is 73.4 Å². The van der Waals surface area contributed by atoms with Gasteiger partial charge in [0.15, 0.2) is 0 Å². The minimum Gasteiger partial charge on any atom is -0.341 e. The van der Waals surface area contributed by atoms with E-state index in [1.54, 1.807) is 6.07 Å². The van der Waals surface area contributed by atoms with E-state index in [-0.39, 0.29) is 0 Å². The van der Waals surface area contributed by atoms with Crippen molar-refractivity contribution in [2.45, 2.75) is 24.2 Å². The van der Waals surface area contributed by atoms with E-state index in [0.717, 1.165) is 36.5 Å². The summed E-state index contributed by atoms with van der Waals surface area (Å²) in [5.74, 6) is 0. The maximum atomic E-state index is 13.3. The Morgan fingerprint density at radius 1 is 1.06 bits per heavy atom. The maximum Gasteiger partial charge on any atom is 0.139 e. The predicted octanol–water partition coefficient (Wildman–Crippen LogP) is 7.00. The first-order valence-corrected chi connectivity index (χ1v) is 13.4. The van der Waals surface area contributed by atoms with Gasteiger partial charge in [-0.05, 0) is 54.7 Å². The molecule has 4 nitrogen and oxygen atoms in total. The molecule has 1 aliphatic rings. The summed E-state index contributed by atoms with van der Waals surface area (Å²) in [6.07, 6.45) is 2.71. The lowest BCUT2D eigenvalue weighted by molar-refractivity contribution is 0.659. The van der Waals surface area contributed by atoms with Crippen molar-refractivity contribution in [2.75, 3.05) is 25.0 Å². The summed E-state index contributed by atoms with van der Waals surface area (Å²) in [6.45, 7) is 1.25. The van der Waals surface area contributed by atoms with Gasteiger partial charge in [-0.3, -0.25) is 0 Å². The van der Waals surface area contributed by atoms with Crippen LogP contribution in [0.5, 0.6) is 0 Å². The largest absolute Gasteiger partial charge is 0.341 e. The number of anilines is 2. The van der Waals surface area contributed by atoms with Crippen LogP contribution in [-0.4, -0.2) is 24.3 Å². The lowest BCUT2D eigenvalue weighted by atomic mass is 10.0. The standard InChI is InChI=1S/C22H22Cl3N3OS2/c1-26-31(29,20-14-21(24)30-22(20)25)27-11-4-12-28-18-6-3-2-5-15(18)7-8-16-9-10-17(23)13-19(16)28/h2-3,5-6,9-10,13-14H,4,7-8,11-12H2,1H3,(H,26,27,29). The number of para-hydroxylation sites is 1. The highest BCUT2D eigenvalue weighted by molar-refractivity contribution is 7.92. The second kappa shape index (κ2) is 9.69. The van der Waals surface area contributed by atoms with Crippen molar-refractivity contribution in [3.8, 4) is 0 Å². The fourth-order valence-electron chi connectivity index (χ4n) is 3.83. The third-order valence-electron chi connectivity index (χ3n) is 5.32. The van der Waals surface area contributed by atoms with E-state index in [1.165, 1.54) is 35.2 Å². The number of thiophene rings is 1. The fourth-order valence-corrected chi connectivity index (χ4v) is 7.58. The summed E-state index contributed by atoms with van der Waals surface area (Å²) in [5, 5.41) is 0.720. The molecule has 0 bridgehead atoms. The van der Waals surface area contributed by atoms with E-state index in [1.807, 2.05) is 12.1 Å². The van der Waals surface area contributed by atoms with E-state index < -0.39 is 9.92 Å². The van der Waals surface area contributed by atoms with Crippen LogP contribution in [0, 0.1) is 0 Å². The molecule has 0 saturated carbocycles. The van der Waals surface area contributed by atoms with Gasteiger partial charge in [0.2, 0.25) is 0 Å². The Balaban J connectivity index is 1.54.